The first kappa shape index (κ1) is 20.5. The summed E-state index contributed by atoms with van der Waals surface area (Å²) in [5.74, 6) is 0. The largest absolute Gasteiger partial charge is 0.363 e. The molecule has 5 rings (SSSR count). The minimum atomic E-state index is 0.677. The van der Waals surface area contributed by atoms with Gasteiger partial charge in [0.25, 0.3) is 0 Å². The van der Waals surface area contributed by atoms with Gasteiger partial charge in [-0.3, -0.25) is 4.98 Å². The molecule has 0 N–H and O–H groups in total. The van der Waals surface area contributed by atoms with Gasteiger partial charge in [0.05, 0.1) is 11.6 Å². The van der Waals surface area contributed by atoms with Crippen LogP contribution in [0.4, 0.5) is 5.69 Å². The maximum atomic E-state index is 9.88. The highest BCUT2D eigenvalue weighted by Gasteiger charge is 2.14. The first-order chi connectivity index (χ1) is 16.3. The highest BCUT2D eigenvalue weighted by Crippen LogP contribution is 2.34. The third-order valence-corrected chi connectivity index (χ3v) is 5.88. The van der Waals surface area contributed by atoms with Gasteiger partial charge in [0.1, 0.15) is 0 Å². The average Bonchev–Trinajstić information content (AvgIpc) is 2.89. The lowest BCUT2D eigenvalue weighted by atomic mass is 9.94. The van der Waals surface area contributed by atoms with Crippen molar-refractivity contribution in [2.45, 2.75) is 13.1 Å². The predicted octanol–water partition coefficient (Wildman–Crippen LogP) is 6.98. The summed E-state index contributed by atoms with van der Waals surface area (Å²) in [7, 11) is 0. The lowest BCUT2D eigenvalue weighted by molar-refractivity contribution is 0.797. The van der Waals surface area contributed by atoms with E-state index in [0.717, 1.165) is 40.9 Å². The number of hydrogen-bond acceptors (Lipinski definition) is 3. The number of anilines is 1. The van der Waals surface area contributed by atoms with Gasteiger partial charge in [-0.05, 0) is 51.7 Å². The topological polar surface area (TPSA) is 39.9 Å². The third kappa shape index (κ3) is 4.46. The summed E-state index contributed by atoms with van der Waals surface area (Å²) in [6, 6.07) is 37.7. The van der Waals surface area contributed by atoms with E-state index in [4.69, 9.17) is 0 Å². The number of benzene rings is 4. The minimum absolute atomic E-state index is 0.677. The zero-order valence-corrected chi connectivity index (χ0v) is 18.2. The van der Waals surface area contributed by atoms with Crippen LogP contribution in [-0.4, -0.2) is 4.98 Å². The van der Waals surface area contributed by atoms with Crippen LogP contribution >= 0.6 is 0 Å². The lowest BCUT2D eigenvalue weighted by Gasteiger charge is -2.26. The molecule has 0 spiro atoms. The van der Waals surface area contributed by atoms with Crippen molar-refractivity contribution in [3.05, 3.63) is 132 Å². The van der Waals surface area contributed by atoms with Gasteiger partial charge in [0, 0.05) is 36.7 Å². The summed E-state index contributed by atoms with van der Waals surface area (Å²) in [4.78, 5) is 6.63. The maximum absolute atomic E-state index is 9.88. The van der Waals surface area contributed by atoms with E-state index in [2.05, 4.69) is 82.7 Å². The Morgan fingerprint density at radius 3 is 2.27 bits per heavy atom. The van der Waals surface area contributed by atoms with Crippen molar-refractivity contribution in [2.75, 3.05) is 4.90 Å². The standard InChI is InChI=1S/C30H23N3/c31-19-26-15-16-27(18-30(26)29-14-6-12-25-11-4-5-13-28(25)29)33(21-23-8-2-1-3-9-23)22-24-10-7-17-32-20-24/h1-18,20H,21-22H2. The fourth-order valence-corrected chi connectivity index (χ4v) is 4.26. The van der Waals surface area contributed by atoms with E-state index in [0.29, 0.717) is 5.56 Å². The lowest BCUT2D eigenvalue weighted by Crippen LogP contribution is -2.22. The van der Waals surface area contributed by atoms with E-state index in [-0.39, 0.29) is 0 Å². The van der Waals surface area contributed by atoms with Gasteiger partial charge >= 0.3 is 0 Å². The Kier molecular flexibility index (Phi) is 5.82. The van der Waals surface area contributed by atoms with Crippen LogP contribution in [-0.2, 0) is 13.1 Å². The van der Waals surface area contributed by atoms with E-state index < -0.39 is 0 Å². The molecule has 0 bridgehead atoms. The van der Waals surface area contributed by atoms with Crippen LogP contribution in [0.3, 0.4) is 0 Å². The van der Waals surface area contributed by atoms with Crippen molar-refractivity contribution in [1.82, 2.24) is 4.98 Å². The normalized spacial score (nSPS) is 10.6. The van der Waals surface area contributed by atoms with Crippen molar-refractivity contribution in [2.24, 2.45) is 0 Å². The molecule has 158 valence electrons. The Labute approximate surface area is 194 Å². The van der Waals surface area contributed by atoms with Crippen molar-refractivity contribution < 1.29 is 0 Å². The Morgan fingerprint density at radius 1 is 0.697 bits per heavy atom. The molecule has 33 heavy (non-hydrogen) atoms. The summed E-state index contributed by atoms with van der Waals surface area (Å²) in [6.07, 6.45) is 3.71. The van der Waals surface area contributed by atoms with Crippen LogP contribution in [0.15, 0.2) is 116 Å². The monoisotopic (exact) mass is 425 g/mol. The van der Waals surface area contributed by atoms with Gasteiger partial charge in [0.15, 0.2) is 0 Å². The maximum Gasteiger partial charge on any atom is 0.0998 e. The first-order valence-electron chi connectivity index (χ1n) is 11.0. The molecular formula is C30H23N3. The Hall–Kier alpha value is -4.42. The Bertz CT molecular complexity index is 1370. The van der Waals surface area contributed by atoms with E-state index in [1.807, 2.05) is 42.6 Å². The van der Waals surface area contributed by atoms with Gasteiger partial charge < -0.3 is 4.90 Å². The number of pyridine rings is 1. The highest BCUT2D eigenvalue weighted by atomic mass is 15.1. The molecule has 1 heterocycles. The Balaban J connectivity index is 1.61. The Morgan fingerprint density at radius 2 is 1.45 bits per heavy atom. The number of rotatable bonds is 6. The molecular weight excluding hydrogens is 402 g/mol. The second-order valence-electron chi connectivity index (χ2n) is 8.07. The molecule has 0 saturated carbocycles. The van der Waals surface area contributed by atoms with E-state index in [1.165, 1.54) is 10.9 Å². The summed E-state index contributed by atoms with van der Waals surface area (Å²) < 4.78 is 0. The van der Waals surface area contributed by atoms with Crippen LogP contribution in [0.2, 0.25) is 0 Å². The molecule has 3 nitrogen and oxygen atoms in total. The van der Waals surface area contributed by atoms with Gasteiger partial charge in [-0.1, -0.05) is 78.9 Å². The van der Waals surface area contributed by atoms with Gasteiger partial charge in [-0.15, -0.1) is 0 Å². The molecule has 0 radical (unpaired) electrons. The zero-order chi connectivity index (χ0) is 22.5. The van der Waals surface area contributed by atoms with Crippen LogP contribution in [0.25, 0.3) is 21.9 Å². The van der Waals surface area contributed by atoms with Crippen molar-refractivity contribution in [3.63, 3.8) is 0 Å². The van der Waals surface area contributed by atoms with Gasteiger partial charge in [0.2, 0.25) is 0 Å². The molecule has 1 aromatic heterocycles. The molecule has 0 aliphatic heterocycles. The second-order valence-corrected chi connectivity index (χ2v) is 8.07. The number of nitrogens with zero attached hydrogens (tertiary/aromatic N) is 3. The van der Waals surface area contributed by atoms with Crippen molar-refractivity contribution >= 4 is 16.5 Å². The molecule has 0 amide bonds. The van der Waals surface area contributed by atoms with Crippen LogP contribution in [0, 0.1) is 11.3 Å². The molecule has 0 aliphatic carbocycles. The number of fused-ring (bicyclic) bond motifs is 1. The molecule has 0 saturated heterocycles. The smallest absolute Gasteiger partial charge is 0.0998 e. The number of nitriles is 1. The quantitative estimate of drug-likeness (QED) is 0.295. The van der Waals surface area contributed by atoms with Crippen LogP contribution < -0.4 is 4.90 Å². The molecule has 0 fully saturated rings. The SMILES string of the molecule is N#Cc1ccc(N(Cc2ccccc2)Cc2cccnc2)cc1-c1cccc2ccccc12. The summed E-state index contributed by atoms with van der Waals surface area (Å²) in [5.41, 5.74) is 6.16. The van der Waals surface area contributed by atoms with Crippen LogP contribution in [0.5, 0.6) is 0 Å². The van der Waals surface area contributed by atoms with Gasteiger partial charge in [-0.25, -0.2) is 0 Å². The minimum Gasteiger partial charge on any atom is -0.363 e. The third-order valence-electron chi connectivity index (χ3n) is 5.88. The fourth-order valence-electron chi connectivity index (χ4n) is 4.26. The number of hydrogen-bond donors (Lipinski definition) is 0. The molecule has 0 atom stereocenters. The fraction of sp³-hybridized carbons (Fsp3) is 0.0667. The van der Waals surface area contributed by atoms with Crippen molar-refractivity contribution in [3.8, 4) is 17.2 Å². The van der Waals surface area contributed by atoms with Gasteiger partial charge in [-0.2, -0.15) is 5.26 Å². The van der Waals surface area contributed by atoms with Crippen LogP contribution in [0.1, 0.15) is 16.7 Å². The molecule has 4 aromatic carbocycles. The molecule has 3 heteroatoms. The van der Waals surface area contributed by atoms with E-state index in [9.17, 15) is 5.26 Å². The van der Waals surface area contributed by atoms with Crippen molar-refractivity contribution in [1.29, 1.82) is 5.26 Å². The predicted molar refractivity (Wildman–Crippen MR) is 135 cm³/mol. The summed E-state index contributed by atoms with van der Waals surface area (Å²) in [5, 5.41) is 12.2. The summed E-state index contributed by atoms with van der Waals surface area (Å²) in [6.45, 7) is 1.49. The first-order valence-corrected chi connectivity index (χ1v) is 11.0. The highest BCUT2D eigenvalue weighted by molar-refractivity contribution is 5.98. The second kappa shape index (κ2) is 9.38. The zero-order valence-electron chi connectivity index (χ0n) is 18.2. The summed E-state index contributed by atoms with van der Waals surface area (Å²) >= 11 is 0. The average molecular weight is 426 g/mol. The molecule has 5 aromatic rings. The molecule has 0 aliphatic rings. The van der Waals surface area contributed by atoms with E-state index in [1.54, 1.807) is 6.20 Å². The van der Waals surface area contributed by atoms with E-state index >= 15 is 0 Å². The number of aromatic nitrogens is 1. The molecule has 0 unspecified atom stereocenters.